The zero-order chi connectivity index (χ0) is 15.4. The molecule has 0 saturated carbocycles. The van der Waals surface area contributed by atoms with Crippen molar-refractivity contribution in [1.82, 2.24) is 4.90 Å². The number of hydrogen-bond donors (Lipinski definition) is 0. The summed E-state index contributed by atoms with van der Waals surface area (Å²) in [5.74, 6) is 0.0831. The fourth-order valence-corrected chi connectivity index (χ4v) is 2.22. The van der Waals surface area contributed by atoms with Crippen molar-refractivity contribution in [2.24, 2.45) is 0 Å². The van der Waals surface area contributed by atoms with Crippen LogP contribution in [0.25, 0.3) is 5.70 Å². The van der Waals surface area contributed by atoms with E-state index >= 15 is 0 Å². The van der Waals surface area contributed by atoms with Crippen LogP contribution in [0.2, 0.25) is 0 Å². The van der Waals surface area contributed by atoms with Crippen LogP contribution >= 0.6 is 11.6 Å². The number of ether oxygens (including phenoxy) is 1. The van der Waals surface area contributed by atoms with Gasteiger partial charge in [-0.15, -0.1) is 6.07 Å². The van der Waals surface area contributed by atoms with Crippen LogP contribution < -0.4 is 4.74 Å². The Morgan fingerprint density at radius 1 is 1.45 bits per heavy atom. The van der Waals surface area contributed by atoms with E-state index in [9.17, 15) is 4.39 Å². The van der Waals surface area contributed by atoms with Crippen molar-refractivity contribution >= 4 is 17.3 Å². The summed E-state index contributed by atoms with van der Waals surface area (Å²) < 4.78 is 19.6. The molecule has 0 fully saturated rings. The van der Waals surface area contributed by atoms with Crippen molar-refractivity contribution in [3.8, 4) is 5.75 Å². The van der Waals surface area contributed by atoms with E-state index in [1.807, 2.05) is 11.8 Å². The van der Waals surface area contributed by atoms with Gasteiger partial charge in [0.2, 0.25) is 0 Å². The maximum Gasteiger partial charge on any atom is 0.120 e. The molecule has 0 unspecified atom stereocenters. The normalized spacial score (nSPS) is 14.0. The second-order valence-electron chi connectivity index (χ2n) is 4.42. The van der Waals surface area contributed by atoms with E-state index in [1.54, 1.807) is 24.3 Å². The summed E-state index contributed by atoms with van der Waals surface area (Å²) in [4.78, 5) is 1.82. The average molecular weight is 394 g/mol. The molecule has 0 amide bonds. The first-order valence-electron chi connectivity index (χ1n) is 6.58. The van der Waals surface area contributed by atoms with Crippen LogP contribution in [0.5, 0.6) is 5.75 Å². The van der Waals surface area contributed by atoms with E-state index in [0.717, 1.165) is 0 Å². The van der Waals surface area contributed by atoms with Crippen molar-refractivity contribution in [1.29, 1.82) is 0 Å². The first-order chi connectivity index (χ1) is 10.1. The zero-order valence-electron chi connectivity index (χ0n) is 12.4. The van der Waals surface area contributed by atoms with Gasteiger partial charge in [-0.05, 0) is 23.7 Å². The van der Waals surface area contributed by atoms with Gasteiger partial charge in [-0.25, -0.2) is 4.39 Å². The van der Waals surface area contributed by atoms with Gasteiger partial charge in [0.25, 0.3) is 0 Å². The number of halogens is 2. The second kappa shape index (κ2) is 8.66. The van der Waals surface area contributed by atoms with Crippen LogP contribution in [0.15, 0.2) is 54.2 Å². The topological polar surface area (TPSA) is 12.5 Å². The Morgan fingerprint density at radius 3 is 2.77 bits per heavy atom. The molecule has 22 heavy (non-hydrogen) atoms. The minimum absolute atomic E-state index is 0. The quantitative estimate of drug-likeness (QED) is 0.539. The molecule has 1 radical (unpaired) electrons. The molecule has 0 spiro atoms. The molecule has 1 aliphatic rings. The van der Waals surface area contributed by atoms with Gasteiger partial charge >= 0.3 is 0 Å². The molecule has 2 rings (SSSR count). The molecule has 1 heterocycles. The standard InChI is InChI=1S/C17H16ClFNO.Y/c1-4-10-21-13-6-7-14(16(19)11-13)17-9-8-15(18)12(3)20(17)5-2;/h4,6-8,11H,1,3,5,10H2,2H3;/q-1;. The van der Waals surface area contributed by atoms with E-state index in [2.05, 4.69) is 19.2 Å². The Labute approximate surface area is 160 Å². The number of rotatable bonds is 5. The third kappa shape index (κ3) is 4.09. The van der Waals surface area contributed by atoms with Crippen LogP contribution in [0, 0.1) is 11.9 Å². The number of nitrogens with zero attached hydrogens (tertiary/aromatic N) is 1. The smallest absolute Gasteiger partial charge is 0.120 e. The van der Waals surface area contributed by atoms with Crippen LogP contribution in [0.4, 0.5) is 4.39 Å². The van der Waals surface area contributed by atoms with Gasteiger partial charge in [0.15, 0.2) is 0 Å². The molecular weight excluding hydrogens is 378 g/mol. The Hall–Kier alpha value is -0.896. The first-order valence-corrected chi connectivity index (χ1v) is 6.95. The molecule has 5 heteroatoms. The van der Waals surface area contributed by atoms with Crippen LogP contribution in [0.3, 0.4) is 0 Å². The van der Waals surface area contributed by atoms with Gasteiger partial charge in [-0.2, -0.15) is 23.8 Å². The van der Waals surface area contributed by atoms with Crippen molar-refractivity contribution in [2.75, 3.05) is 13.2 Å². The Morgan fingerprint density at radius 2 is 2.18 bits per heavy atom. The predicted octanol–water partition coefficient (Wildman–Crippen LogP) is 4.50. The summed E-state index contributed by atoms with van der Waals surface area (Å²) in [5.41, 5.74) is 1.68. The second-order valence-corrected chi connectivity index (χ2v) is 4.82. The molecule has 0 bridgehead atoms. The monoisotopic (exact) mass is 393 g/mol. The SMILES string of the molecule is C=CCOc1ccc(C2=[C-]C=C(Cl)C(=C)N2CC)c(F)c1.[Y]. The molecular formula is C17H16ClFNOY-. The summed E-state index contributed by atoms with van der Waals surface area (Å²) in [6, 6.07) is 4.73. The fourth-order valence-electron chi connectivity index (χ4n) is 2.06. The van der Waals surface area contributed by atoms with Gasteiger partial charge in [-0.3, -0.25) is 0 Å². The van der Waals surface area contributed by atoms with Crippen molar-refractivity contribution in [3.63, 3.8) is 0 Å². The molecule has 0 N–H and O–H groups in total. The average Bonchev–Trinajstić information content (AvgIpc) is 2.48. The Bertz CT molecular complexity index is 640. The van der Waals surface area contributed by atoms with Crippen molar-refractivity contribution in [3.05, 3.63) is 71.7 Å². The molecule has 1 aliphatic heterocycles. The largest absolute Gasteiger partial charge is 0.490 e. The van der Waals surface area contributed by atoms with Crippen molar-refractivity contribution in [2.45, 2.75) is 6.92 Å². The summed E-state index contributed by atoms with van der Waals surface area (Å²) >= 11 is 6.04. The Kier molecular flexibility index (Phi) is 7.54. The summed E-state index contributed by atoms with van der Waals surface area (Å²) in [5, 5.41) is 0.506. The zero-order valence-corrected chi connectivity index (χ0v) is 16.0. The van der Waals surface area contributed by atoms with E-state index < -0.39 is 0 Å². The molecule has 0 saturated heterocycles. The van der Waals surface area contributed by atoms with Gasteiger partial charge in [-0.1, -0.05) is 30.5 Å². The van der Waals surface area contributed by atoms with Gasteiger partial charge < -0.3 is 9.64 Å². The number of hydrogen-bond acceptors (Lipinski definition) is 2. The third-order valence-corrected chi connectivity index (χ3v) is 3.41. The maximum atomic E-state index is 14.3. The minimum atomic E-state index is -0.378. The van der Waals surface area contributed by atoms with E-state index in [4.69, 9.17) is 16.3 Å². The minimum Gasteiger partial charge on any atom is -0.490 e. The molecule has 0 aromatic heterocycles. The van der Waals surface area contributed by atoms with Gasteiger partial charge in [0, 0.05) is 45.3 Å². The number of allylic oxidation sites excluding steroid dienone is 3. The Balaban J connectivity index is 0.00000242. The summed E-state index contributed by atoms with van der Waals surface area (Å²) in [6.07, 6.45) is 6.22. The summed E-state index contributed by atoms with van der Waals surface area (Å²) in [7, 11) is 0. The van der Waals surface area contributed by atoms with Gasteiger partial charge in [0.05, 0.1) is 5.82 Å². The van der Waals surface area contributed by atoms with E-state index in [1.165, 1.54) is 6.07 Å². The first kappa shape index (κ1) is 19.2. The fraction of sp³-hybridized carbons (Fsp3) is 0.176. The predicted molar refractivity (Wildman–Crippen MR) is 84.2 cm³/mol. The molecule has 113 valence electrons. The van der Waals surface area contributed by atoms with E-state index in [-0.39, 0.29) is 38.5 Å². The number of likely N-dealkylation sites (N-methyl/N-ethyl adjacent to an activating group) is 1. The van der Waals surface area contributed by atoms with Crippen molar-refractivity contribution < 1.29 is 41.8 Å². The van der Waals surface area contributed by atoms with Crippen LogP contribution in [-0.4, -0.2) is 18.1 Å². The summed E-state index contributed by atoms with van der Waals surface area (Å²) in [6.45, 7) is 10.4. The molecule has 0 atom stereocenters. The molecule has 0 aliphatic carbocycles. The maximum absolute atomic E-state index is 14.3. The molecule has 1 aromatic carbocycles. The van der Waals surface area contributed by atoms with Crippen LogP contribution in [0.1, 0.15) is 12.5 Å². The molecule has 1 aromatic rings. The van der Waals surface area contributed by atoms with E-state index in [0.29, 0.717) is 40.9 Å². The van der Waals surface area contributed by atoms with Crippen LogP contribution in [-0.2, 0) is 32.7 Å². The molecule has 2 nitrogen and oxygen atoms in total. The van der Waals surface area contributed by atoms with Gasteiger partial charge in [0.1, 0.15) is 12.4 Å². The number of benzene rings is 1. The third-order valence-electron chi connectivity index (χ3n) is 3.09.